The van der Waals surface area contributed by atoms with Gasteiger partial charge >= 0.3 is 0 Å². The molecular weight excluding hydrogens is 314 g/mol. The number of aromatic nitrogens is 1. The lowest BCUT2D eigenvalue weighted by Gasteiger charge is -2.07. The van der Waals surface area contributed by atoms with Crippen LogP contribution in [0.25, 0.3) is 0 Å². The van der Waals surface area contributed by atoms with Gasteiger partial charge in [0, 0.05) is 22.6 Å². The highest BCUT2D eigenvalue weighted by Crippen LogP contribution is 2.16. The van der Waals surface area contributed by atoms with Gasteiger partial charge < -0.3 is 5.32 Å². The van der Waals surface area contributed by atoms with Crippen LogP contribution in [-0.2, 0) is 10.0 Å². The maximum absolute atomic E-state index is 11.9. The molecule has 1 aromatic carbocycles. The van der Waals surface area contributed by atoms with Gasteiger partial charge in [-0.05, 0) is 36.4 Å². The fraction of sp³-hybridized carbons (Fsp3) is 0.0769. The molecule has 1 aromatic heterocycles. The minimum atomic E-state index is -3.32. The number of nitrogens with one attached hydrogen (secondary N) is 2. The van der Waals surface area contributed by atoms with Crippen molar-refractivity contribution in [3.8, 4) is 0 Å². The number of hydrogen-bond donors (Lipinski definition) is 2. The minimum absolute atomic E-state index is 0.195. The van der Waals surface area contributed by atoms with Crippen molar-refractivity contribution in [3.05, 3.63) is 53.3 Å². The van der Waals surface area contributed by atoms with Crippen molar-refractivity contribution in [2.75, 3.05) is 16.3 Å². The van der Waals surface area contributed by atoms with Gasteiger partial charge in [0.05, 0.1) is 6.26 Å². The van der Waals surface area contributed by atoms with Gasteiger partial charge in [0.2, 0.25) is 10.0 Å². The summed E-state index contributed by atoms with van der Waals surface area (Å²) in [4.78, 5) is 15.8. The SMILES string of the molecule is CS(=O)(=O)Nc1ccc(NC(=O)c2cc(Cl)ccn2)cc1. The number of amides is 1. The van der Waals surface area contributed by atoms with Crippen LogP contribution in [-0.4, -0.2) is 25.6 Å². The van der Waals surface area contributed by atoms with Crippen LogP contribution in [0.2, 0.25) is 5.02 Å². The summed E-state index contributed by atoms with van der Waals surface area (Å²) in [5.74, 6) is -0.402. The molecule has 1 amide bonds. The lowest BCUT2D eigenvalue weighted by molar-refractivity contribution is 0.102. The van der Waals surface area contributed by atoms with Crippen LogP contribution in [0.1, 0.15) is 10.5 Å². The Bertz CT molecular complexity index is 760. The molecule has 2 N–H and O–H groups in total. The smallest absolute Gasteiger partial charge is 0.274 e. The first-order valence-electron chi connectivity index (χ1n) is 5.84. The molecule has 0 spiro atoms. The molecule has 0 atom stereocenters. The summed E-state index contributed by atoms with van der Waals surface area (Å²) in [6.07, 6.45) is 2.50. The van der Waals surface area contributed by atoms with E-state index in [1.807, 2.05) is 0 Å². The van der Waals surface area contributed by atoms with Gasteiger partial charge in [-0.15, -0.1) is 0 Å². The molecule has 0 saturated carbocycles. The largest absolute Gasteiger partial charge is 0.321 e. The molecule has 0 aliphatic carbocycles. The summed E-state index contributed by atoms with van der Waals surface area (Å²) < 4.78 is 24.5. The Hall–Kier alpha value is -2.12. The number of carbonyl (C=O) groups excluding carboxylic acids is 1. The van der Waals surface area contributed by atoms with Crippen LogP contribution in [0.15, 0.2) is 42.6 Å². The van der Waals surface area contributed by atoms with E-state index in [0.717, 1.165) is 6.26 Å². The number of benzene rings is 1. The van der Waals surface area contributed by atoms with Crippen molar-refractivity contribution >= 4 is 38.9 Å². The Morgan fingerprint density at radius 1 is 1.14 bits per heavy atom. The average molecular weight is 326 g/mol. The third-order valence-corrected chi connectivity index (χ3v) is 3.24. The Morgan fingerprint density at radius 3 is 2.33 bits per heavy atom. The van der Waals surface area contributed by atoms with Crippen molar-refractivity contribution in [2.45, 2.75) is 0 Å². The van der Waals surface area contributed by atoms with Crippen LogP contribution >= 0.6 is 11.6 Å². The number of pyridine rings is 1. The van der Waals surface area contributed by atoms with Gasteiger partial charge in [0.25, 0.3) is 5.91 Å². The second-order valence-electron chi connectivity index (χ2n) is 4.27. The van der Waals surface area contributed by atoms with E-state index < -0.39 is 15.9 Å². The predicted octanol–water partition coefficient (Wildman–Crippen LogP) is 2.36. The molecule has 0 radical (unpaired) electrons. The summed E-state index contributed by atoms with van der Waals surface area (Å²) in [6, 6.07) is 9.27. The molecule has 8 heteroatoms. The summed E-state index contributed by atoms with van der Waals surface area (Å²) in [5.41, 5.74) is 1.12. The maximum atomic E-state index is 11.9. The molecule has 0 aliphatic rings. The highest BCUT2D eigenvalue weighted by atomic mass is 35.5. The zero-order chi connectivity index (χ0) is 15.5. The maximum Gasteiger partial charge on any atom is 0.274 e. The molecule has 6 nitrogen and oxygen atoms in total. The van der Waals surface area contributed by atoms with Crippen molar-refractivity contribution in [1.82, 2.24) is 4.98 Å². The standard InChI is InChI=1S/C13H12ClN3O3S/c1-21(19,20)17-11-4-2-10(3-5-11)16-13(18)12-8-9(14)6-7-15-12/h2-8,17H,1H3,(H,16,18). The minimum Gasteiger partial charge on any atom is -0.321 e. The van der Waals surface area contributed by atoms with Gasteiger partial charge in [-0.3, -0.25) is 14.5 Å². The molecule has 21 heavy (non-hydrogen) atoms. The molecule has 0 unspecified atom stereocenters. The summed E-state index contributed by atoms with van der Waals surface area (Å²) in [5, 5.41) is 3.06. The average Bonchev–Trinajstić information content (AvgIpc) is 2.39. The highest BCUT2D eigenvalue weighted by Gasteiger charge is 2.08. The highest BCUT2D eigenvalue weighted by molar-refractivity contribution is 7.92. The van der Waals surface area contributed by atoms with E-state index in [0.29, 0.717) is 16.4 Å². The van der Waals surface area contributed by atoms with Gasteiger partial charge in [0.15, 0.2) is 0 Å². The Labute approximate surface area is 127 Å². The normalized spacial score (nSPS) is 11.0. The lowest BCUT2D eigenvalue weighted by Crippen LogP contribution is -2.13. The summed E-state index contributed by atoms with van der Waals surface area (Å²) >= 11 is 5.79. The first kappa shape index (κ1) is 15.3. The van der Waals surface area contributed by atoms with Crippen LogP contribution < -0.4 is 10.0 Å². The molecule has 0 fully saturated rings. The predicted molar refractivity (Wildman–Crippen MR) is 82.1 cm³/mol. The second-order valence-corrected chi connectivity index (χ2v) is 6.45. The van der Waals surface area contributed by atoms with E-state index >= 15 is 0 Å². The van der Waals surface area contributed by atoms with Crippen LogP contribution in [0.3, 0.4) is 0 Å². The van der Waals surface area contributed by atoms with Gasteiger partial charge in [-0.1, -0.05) is 11.6 Å². The second kappa shape index (κ2) is 6.11. The summed E-state index contributed by atoms with van der Waals surface area (Å²) in [7, 11) is -3.32. The van der Waals surface area contributed by atoms with E-state index in [1.165, 1.54) is 12.3 Å². The van der Waals surface area contributed by atoms with E-state index in [9.17, 15) is 13.2 Å². The number of hydrogen-bond acceptors (Lipinski definition) is 4. The molecule has 0 bridgehead atoms. The van der Waals surface area contributed by atoms with E-state index in [-0.39, 0.29) is 5.69 Å². The van der Waals surface area contributed by atoms with E-state index in [1.54, 1.807) is 30.3 Å². The number of rotatable bonds is 4. The Balaban J connectivity index is 2.08. The Kier molecular flexibility index (Phi) is 4.44. The van der Waals surface area contributed by atoms with Crippen LogP contribution in [0.4, 0.5) is 11.4 Å². The van der Waals surface area contributed by atoms with Crippen molar-refractivity contribution in [1.29, 1.82) is 0 Å². The first-order chi connectivity index (χ1) is 9.83. The fourth-order valence-electron chi connectivity index (χ4n) is 1.56. The van der Waals surface area contributed by atoms with Crippen LogP contribution in [0, 0.1) is 0 Å². The fourth-order valence-corrected chi connectivity index (χ4v) is 2.28. The number of anilines is 2. The zero-order valence-electron chi connectivity index (χ0n) is 11.0. The molecule has 0 aliphatic heterocycles. The first-order valence-corrected chi connectivity index (χ1v) is 8.11. The summed E-state index contributed by atoms with van der Waals surface area (Å²) in [6.45, 7) is 0. The topological polar surface area (TPSA) is 88.2 Å². The van der Waals surface area contributed by atoms with Gasteiger partial charge in [0.1, 0.15) is 5.69 Å². The van der Waals surface area contributed by atoms with Crippen molar-refractivity contribution in [2.24, 2.45) is 0 Å². The van der Waals surface area contributed by atoms with Gasteiger partial charge in [-0.2, -0.15) is 0 Å². The molecular formula is C13H12ClN3O3S. The molecule has 2 aromatic rings. The molecule has 2 rings (SSSR count). The molecule has 0 saturated heterocycles. The quantitative estimate of drug-likeness (QED) is 0.903. The zero-order valence-corrected chi connectivity index (χ0v) is 12.6. The van der Waals surface area contributed by atoms with Crippen molar-refractivity contribution in [3.63, 3.8) is 0 Å². The molecule has 110 valence electrons. The van der Waals surface area contributed by atoms with Crippen LogP contribution in [0.5, 0.6) is 0 Å². The Morgan fingerprint density at radius 2 is 1.76 bits per heavy atom. The monoisotopic (exact) mass is 325 g/mol. The third-order valence-electron chi connectivity index (χ3n) is 2.40. The number of carbonyl (C=O) groups is 1. The lowest BCUT2D eigenvalue weighted by atomic mass is 10.2. The third kappa shape index (κ3) is 4.73. The van der Waals surface area contributed by atoms with Gasteiger partial charge in [-0.25, -0.2) is 8.42 Å². The molecule has 1 heterocycles. The van der Waals surface area contributed by atoms with Crippen molar-refractivity contribution < 1.29 is 13.2 Å². The number of halogens is 1. The van der Waals surface area contributed by atoms with E-state index in [2.05, 4.69) is 15.0 Å². The number of sulfonamides is 1. The van der Waals surface area contributed by atoms with E-state index in [4.69, 9.17) is 11.6 Å². The number of nitrogens with zero attached hydrogens (tertiary/aromatic N) is 1.